The molecule has 2 unspecified atom stereocenters. The highest BCUT2D eigenvalue weighted by atomic mass is 35.5. The Morgan fingerprint density at radius 3 is 2.27 bits per heavy atom. The van der Waals surface area contributed by atoms with Gasteiger partial charge in [-0.05, 0) is 60.5 Å². The zero-order valence-corrected chi connectivity index (χ0v) is 19.1. The maximum atomic E-state index is 9.80. The van der Waals surface area contributed by atoms with E-state index in [0.29, 0.717) is 21.7 Å². The van der Waals surface area contributed by atoms with E-state index in [2.05, 4.69) is 46.9 Å². The Hall–Kier alpha value is -3.75. The van der Waals surface area contributed by atoms with Gasteiger partial charge in [-0.25, -0.2) is 0 Å². The van der Waals surface area contributed by atoms with Crippen LogP contribution in [0.5, 0.6) is 0 Å². The van der Waals surface area contributed by atoms with Crippen LogP contribution in [0.15, 0.2) is 66.7 Å². The Morgan fingerprint density at radius 2 is 1.64 bits per heavy atom. The van der Waals surface area contributed by atoms with Gasteiger partial charge in [-0.2, -0.15) is 10.5 Å². The molecule has 1 heterocycles. The second kappa shape index (κ2) is 9.81. The normalized spacial score (nSPS) is 16.9. The van der Waals surface area contributed by atoms with Crippen molar-refractivity contribution in [3.05, 3.63) is 99.6 Å². The zero-order chi connectivity index (χ0) is 23.4. The number of benzene rings is 3. The highest BCUT2D eigenvalue weighted by Gasteiger charge is 2.32. The number of piperazine rings is 1. The molecule has 2 atom stereocenters. The number of halogens is 1. The summed E-state index contributed by atoms with van der Waals surface area (Å²) in [5, 5.41) is 19.6. The lowest BCUT2D eigenvalue weighted by molar-refractivity contribution is 0.171. The molecule has 1 aliphatic heterocycles. The van der Waals surface area contributed by atoms with Gasteiger partial charge in [-0.15, -0.1) is 6.42 Å². The highest BCUT2D eigenvalue weighted by Crippen LogP contribution is 2.36. The molecule has 0 N–H and O–H groups in total. The number of rotatable bonds is 4. The fraction of sp³-hybridized carbons (Fsp3) is 0.214. The predicted molar refractivity (Wildman–Crippen MR) is 132 cm³/mol. The Bertz CT molecular complexity index is 1260. The van der Waals surface area contributed by atoms with Crippen LogP contribution in [-0.4, -0.2) is 24.5 Å². The van der Waals surface area contributed by atoms with Crippen LogP contribution in [0.4, 0.5) is 5.69 Å². The van der Waals surface area contributed by atoms with Gasteiger partial charge < -0.3 is 4.90 Å². The molecule has 0 spiro atoms. The monoisotopic (exact) mass is 450 g/mol. The largest absolute Gasteiger partial charge is 0.361 e. The lowest BCUT2D eigenvalue weighted by Gasteiger charge is -2.45. The number of nitrogens with zero attached hydrogens (tertiary/aromatic N) is 4. The Morgan fingerprint density at radius 1 is 0.939 bits per heavy atom. The summed E-state index contributed by atoms with van der Waals surface area (Å²) in [7, 11) is 0. The SMILES string of the molecule is C#Cc1ccc(N2CCN(C(C)c3ccc(C#N)cc3)CC2c2ccc(Cl)cc2)c(C#N)c1. The number of nitriles is 2. The van der Waals surface area contributed by atoms with Gasteiger partial charge in [-0.3, -0.25) is 4.90 Å². The Labute approximate surface area is 200 Å². The minimum atomic E-state index is 0.0423. The average molecular weight is 451 g/mol. The smallest absolute Gasteiger partial charge is 0.101 e. The summed E-state index contributed by atoms with van der Waals surface area (Å²) in [6, 6.07) is 26.1. The van der Waals surface area contributed by atoms with Crippen molar-refractivity contribution in [1.82, 2.24) is 4.90 Å². The molecule has 5 heteroatoms. The van der Waals surface area contributed by atoms with Gasteiger partial charge in [0.15, 0.2) is 0 Å². The van der Waals surface area contributed by atoms with Crippen LogP contribution < -0.4 is 4.90 Å². The van der Waals surface area contributed by atoms with Crippen LogP contribution in [0, 0.1) is 35.0 Å². The Balaban J connectivity index is 1.68. The van der Waals surface area contributed by atoms with E-state index < -0.39 is 0 Å². The molecule has 3 aromatic rings. The molecule has 0 radical (unpaired) electrons. The number of anilines is 1. The summed E-state index contributed by atoms with van der Waals surface area (Å²) >= 11 is 6.16. The fourth-order valence-electron chi connectivity index (χ4n) is 4.43. The van der Waals surface area contributed by atoms with Crippen molar-refractivity contribution in [2.45, 2.75) is 19.0 Å². The number of hydrogen-bond donors (Lipinski definition) is 0. The van der Waals surface area contributed by atoms with E-state index in [1.165, 1.54) is 5.56 Å². The average Bonchev–Trinajstić information content (AvgIpc) is 2.88. The minimum absolute atomic E-state index is 0.0423. The van der Waals surface area contributed by atoms with Crippen molar-refractivity contribution in [2.24, 2.45) is 0 Å². The van der Waals surface area contributed by atoms with Crippen molar-refractivity contribution in [2.75, 3.05) is 24.5 Å². The second-order valence-electron chi connectivity index (χ2n) is 8.15. The van der Waals surface area contributed by atoms with E-state index in [1.807, 2.05) is 48.5 Å². The molecule has 4 rings (SSSR count). The molecule has 0 bridgehead atoms. The summed E-state index contributed by atoms with van der Waals surface area (Å²) in [4.78, 5) is 4.74. The van der Waals surface area contributed by atoms with Crippen molar-refractivity contribution in [3.8, 4) is 24.5 Å². The minimum Gasteiger partial charge on any atom is -0.361 e. The Kier molecular flexibility index (Phi) is 6.67. The van der Waals surface area contributed by atoms with Crippen molar-refractivity contribution in [3.63, 3.8) is 0 Å². The number of hydrogen-bond acceptors (Lipinski definition) is 4. The fourth-order valence-corrected chi connectivity index (χ4v) is 4.55. The quantitative estimate of drug-likeness (QED) is 0.479. The van der Waals surface area contributed by atoms with Gasteiger partial charge in [-0.1, -0.05) is 41.8 Å². The van der Waals surface area contributed by atoms with Crippen molar-refractivity contribution in [1.29, 1.82) is 10.5 Å². The molecule has 0 saturated carbocycles. The van der Waals surface area contributed by atoms with Gasteiger partial charge in [0.05, 0.1) is 28.9 Å². The van der Waals surface area contributed by atoms with Crippen molar-refractivity contribution < 1.29 is 0 Å². The predicted octanol–water partition coefficient (Wildman–Crippen LogP) is 5.69. The third-order valence-corrected chi connectivity index (χ3v) is 6.58. The lowest BCUT2D eigenvalue weighted by atomic mass is 9.97. The van der Waals surface area contributed by atoms with Crippen LogP contribution in [0.3, 0.4) is 0 Å². The molecule has 3 aromatic carbocycles. The topological polar surface area (TPSA) is 54.1 Å². The summed E-state index contributed by atoms with van der Waals surface area (Å²) in [5.41, 5.74) is 5.15. The second-order valence-corrected chi connectivity index (χ2v) is 8.59. The molecule has 162 valence electrons. The standard InChI is InChI=1S/C28H23ClN4/c1-3-21-6-13-27(25(16-21)18-31)33-15-14-32(19-28(33)24-9-11-26(29)12-10-24)20(2)23-7-4-22(17-30)5-8-23/h1,4-13,16,20,28H,14-15,19H2,2H3. The van der Waals surface area contributed by atoms with Crippen LogP contribution in [0.1, 0.15) is 46.8 Å². The van der Waals surface area contributed by atoms with Gasteiger partial charge in [0.25, 0.3) is 0 Å². The molecule has 0 amide bonds. The van der Waals surface area contributed by atoms with Crippen LogP contribution in [-0.2, 0) is 0 Å². The molecule has 1 aliphatic rings. The van der Waals surface area contributed by atoms with E-state index in [0.717, 1.165) is 30.9 Å². The summed E-state index contributed by atoms with van der Waals surface area (Å²) in [5.74, 6) is 2.62. The van der Waals surface area contributed by atoms with E-state index in [4.69, 9.17) is 23.3 Å². The molecular formula is C28H23ClN4. The number of terminal acetylenes is 1. The van der Waals surface area contributed by atoms with Gasteiger partial charge in [0.2, 0.25) is 0 Å². The molecule has 1 saturated heterocycles. The molecule has 1 fully saturated rings. The first-order valence-corrected chi connectivity index (χ1v) is 11.2. The van der Waals surface area contributed by atoms with Crippen LogP contribution >= 0.6 is 11.6 Å². The summed E-state index contributed by atoms with van der Waals surface area (Å²) in [6.45, 7) is 4.58. The van der Waals surface area contributed by atoms with E-state index in [1.54, 1.807) is 6.07 Å². The van der Waals surface area contributed by atoms with E-state index >= 15 is 0 Å². The summed E-state index contributed by atoms with van der Waals surface area (Å²) < 4.78 is 0. The maximum Gasteiger partial charge on any atom is 0.101 e. The third kappa shape index (κ3) is 4.72. The van der Waals surface area contributed by atoms with Gasteiger partial charge in [0, 0.05) is 36.3 Å². The first-order chi connectivity index (χ1) is 16.0. The molecular weight excluding hydrogens is 428 g/mol. The first kappa shape index (κ1) is 22.4. The summed E-state index contributed by atoms with van der Waals surface area (Å²) in [6.07, 6.45) is 5.55. The first-order valence-electron chi connectivity index (χ1n) is 10.8. The van der Waals surface area contributed by atoms with E-state index in [-0.39, 0.29) is 12.1 Å². The van der Waals surface area contributed by atoms with Crippen molar-refractivity contribution >= 4 is 17.3 Å². The molecule has 33 heavy (non-hydrogen) atoms. The van der Waals surface area contributed by atoms with Crippen LogP contribution in [0.2, 0.25) is 5.02 Å². The zero-order valence-electron chi connectivity index (χ0n) is 18.4. The lowest BCUT2D eigenvalue weighted by Crippen LogP contribution is -2.49. The molecule has 0 aliphatic carbocycles. The van der Waals surface area contributed by atoms with Gasteiger partial charge in [0.1, 0.15) is 6.07 Å². The molecule has 4 nitrogen and oxygen atoms in total. The van der Waals surface area contributed by atoms with Gasteiger partial charge >= 0.3 is 0 Å². The maximum absolute atomic E-state index is 9.80. The van der Waals surface area contributed by atoms with Crippen LogP contribution in [0.25, 0.3) is 0 Å². The van der Waals surface area contributed by atoms with E-state index in [9.17, 15) is 5.26 Å². The highest BCUT2D eigenvalue weighted by molar-refractivity contribution is 6.30. The molecule has 0 aromatic heterocycles. The third-order valence-electron chi connectivity index (χ3n) is 6.33.